The van der Waals surface area contributed by atoms with Crippen LogP contribution in [0.25, 0.3) is 0 Å². The minimum Gasteiger partial charge on any atom is -0.383 e. The first-order valence-electron chi connectivity index (χ1n) is 10.8. The summed E-state index contributed by atoms with van der Waals surface area (Å²) in [6.07, 6.45) is 9.66. The highest BCUT2D eigenvalue weighted by Gasteiger charge is 2.32. The molecule has 30 heavy (non-hydrogen) atoms. The lowest BCUT2D eigenvalue weighted by atomic mass is 9.97. The third-order valence-electron chi connectivity index (χ3n) is 5.73. The van der Waals surface area contributed by atoms with Gasteiger partial charge in [-0.3, -0.25) is 9.59 Å². The molecule has 3 rings (SSSR count). The second kappa shape index (κ2) is 10.5. The van der Waals surface area contributed by atoms with E-state index in [4.69, 9.17) is 4.74 Å². The van der Waals surface area contributed by atoms with E-state index in [1.165, 1.54) is 18.4 Å². The summed E-state index contributed by atoms with van der Waals surface area (Å²) < 4.78 is 5.01. The fraction of sp³-hybridized carbons (Fsp3) is 0.636. The van der Waals surface area contributed by atoms with Gasteiger partial charge in [-0.2, -0.15) is 0 Å². The lowest BCUT2D eigenvalue weighted by Crippen LogP contribution is -2.31. The molecule has 164 valence electrons. The topological polar surface area (TPSA) is 87.7 Å². The van der Waals surface area contributed by atoms with Crippen LogP contribution in [0.4, 0.5) is 5.95 Å². The Labute approximate surface area is 178 Å². The van der Waals surface area contributed by atoms with E-state index in [0.29, 0.717) is 44.2 Å². The number of methoxy groups -OCH3 is 1. The molecule has 1 atom stereocenters. The molecule has 1 aliphatic heterocycles. The first-order valence-corrected chi connectivity index (χ1v) is 10.8. The van der Waals surface area contributed by atoms with Crippen LogP contribution in [0.2, 0.25) is 0 Å². The molecule has 1 N–H and O–H groups in total. The minimum absolute atomic E-state index is 0.0270. The van der Waals surface area contributed by atoms with Crippen molar-refractivity contribution in [1.82, 2.24) is 20.2 Å². The molecule has 1 unspecified atom stereocenters. The molecule has 0 radical (unpaired) electrons. The maximum atomic E-state index is 12.8. The first kappa shape index (κ1) is 22.2. The Kier molecular flexibility index (Phi) is 7.79. The van der Waals surface area contributed by atoms with Gasteiger partial charge in [-0.15, -0.1) is 0 Å². The Morgan fingerprint density at radius 1 is 1.33 bits per heavy atom. The van der Waals surface area contributed by atoms with Crippen molar-refractivity contribution in [2.24, 2.45) is 0 Å². The van der Waals surface area contributed by atoms with Gasteiger partial charge in [-0.05, 0) is 32.1 Å². The van der Waals surface area contributed by atoms with Gasteiger partial charge in [0.25, 0.3) is 5.91 Å². The number of carbonyl (C=O) groups is 2. The number of carbonyl (C=O) groups excluding carboxylic acids is 2. The molecule has 0 saturated carbocycles. The minimum atomic E-state index is -0.204. The highest BCUT2D eigenvalue weighted by Crippen LogP contribution is 2.30. The van der Waals surface area contributed by atoms with Crippen LogP contribution < -0.4 is 10.2 Å². The van der Waals surface area contributed by atoms with E-state index in [9.17, 15) is 9.59 Å². The number of amides is 2. The summed E-state index contributed by atoms with van der Waals surface area (Å²) in [6, 6.07) is 0. The molecule has 8 nitrogen and oxygen atoms in total. The summed E-state index contributed by atoms with van der Waals surface area (Å²) in [6.45, 7) is 2.16. The van der Waals surface area contributed by atoms with Crippen molar-refractivity contribution in [3.8, 4) is 0 Å². The zero-order valence-corrected chi connectivity index (χ0v) is 18.3. The number of anilines is 1. The molecule has 1 aliphatic carbocycles. The number of allylic oxidation sites excluding steroid dienone is 1. The summed E-state index contributed by atoms with van der Waals surface area (Å²) in [5.41, 5.74) is 2.46. The standard InChI is InChI=1S/C22H33N5O3/c1-26(2)22-24-14-18(21(29)23-10-12-30-3)20(25-22)17-9-11-27(15-17)19(28)13-16-7-5-4-6-8-16/h7,14,17H,4-6,8-13,15H2,1-3H3,(H,23,29). The number of nitrogens with one attached hydrogen (secondary N) is 1. The smallest absolute Gasteiger partial charge is 0.254 e. The maximum absolute atomic E-state index is 12.8. The van der Waals surface area contributed by atoms with Gasteiger partial charge in [0.05, 0.1) is 17.9 Å². The number of nitrogens with zero attached hydrogens (tertiary/aromatic N) is 4. The summed E-state index contributed by atoms with van der Waals surface area (Å²) in [5.74, 6) is 0.567. The lowest BCUT2D eigenvalue weighted by Gasteiger charge is -2.20. The van der Waals surface area contributed by atoms with Crippen molar-refractivity contribution in [2.75, 3.05) is 52.3 Å². The third kappa shape index (κ3) is 5.56. The molecule has 0 bridgehead atoms. The Balaban J connectivity index is 1.73. The van der Waals surface area contributed by atoms with E-state index < -0.39 is 0 Å². The molecule has 1 aromatic heterocycles. The highest BCUT2D eigenvalue weighted by atomic mass is 16.5. The Morgan fingerprint density at radius 3 is 2.87 bits per heavy atom. The second-order valence-electron chi connectivity index (χ2n) is 8.22. The van der Waals surface area contributed by atoms with Gasteiger partial charge in [-0.25, -0.2) is 9.97 Å². The van der Waals surface area contributed by atoms with Crippen LogP contribution in [0.1, 0.15) is 60.5 Å². The van der Waals surface area contributed by atoms with Crippen LogP contribution in [0.15, 0.2) is 17.8 Å². The van der Waals surface area contributed by atoms with Crippen molar-refractivity contribution in [3.63, 3.8) is 0 Å². The van der Waals surface area contributed by atoms with Gasteiger partial charge in [-0.1, -0.05) is 11.6 Å². The SMILES string of the molecule is COCCNC(=O)c1cnc(N(C)C)nc1C1CCN(C(=O)CC2=CCCCC2)C1. The molecule has 8 heteroatoms. The van der Waals surface area contributed by atoms with E-state index in [0.717, 1.165) is 25.0 Å². The zero-order valence-electron chi connectivity index (χ0n) is 18.3. The summed E-state index contributed by atoms with van der Waals surface area (Å²) in [5, 5.41) is 2.86. The second-order valence-corrected chi connectivity index (χ2v) is 8.22. The van der Waals surface area contributed by atoms with Crippen molar-refractivity contribution in [3.05, 3.63) is 29.1 Å². The lowest BCUT2D eigenvalue weighted by molar-refractivity contribution is -0.129. The van der Waals surface area contributed by atoms with Gasteiger partial charge < -0.3 is 19.9 Å². The summed E-state index contributed by atoms with van der Waals surface area (Å²) in [4.78, 5) is 38.3. The van der Waals surface area contributed by atoms with Crippen molar-refractivity contribution < 1.29 is 14.3 Å². The highest BCUT2D eigenvalue weighted by molar-refractivity contribution is 5.95. The fourth-order valence-electron chi connectivity index (χ4n) is 4.03. The first-order chi connectivity index (χ1) is 14.5. The van der Waals surface area contributed by atoms with Crippen LogP contribution in [-0.2, 0) is 9.53 Å². The van der Waals surface area contributed by atoms with Gasteiger partial charge in [0.1, 0.15) is 0 Å². The van der Waals surface area contributed by atoms with Gasteiger partial charge in [0.15, 0.2) is 0 Å². The summed E-state index contributed by atoms with van der Waals surface area (Å²) in [7, 11) is 5.35. The van der Waals surface area contributed by atoms with Crippen LogP contribution in [0.5, 0.6) is 0 Å². The van der Waals surface area contributed by atoms with Crippen molar-refractivity contribution in [1.29, 1.82) is 0 Å². The number of ether oxygens (including phenoxy) is 1. The monoisotopic (exact) mass is 415 g/mol. The Morgan fingerprint density at radius 2 is 2.17 bits per heavy atom. The Hall–Kier alpha value is -2.48. The maximum Gasteiger partial charge on any atom is 0.254 e. The van der Waals surface area contributed by atoms with Crippen LogP contribution >= 0.6 is 0 Å². The summed E-state index contributed by atoms with van der Waals surface area (Å²) >= 11 is 0. The number of rotatable bonds is 8. The van der Waals surface area contributed by atoms with E-state index in [2.05, 4.69) is 21.4 Å². The zero-order chi connectivity index (χ0) is 21.5. The molecule has 1 aromatic rings. The number of hydrogen-bond donors (Lipinski definition) is 1. The number of aromatic nitrogens is 2. The molecule has 1 saturated heterocycles. The average molecular weight is 416 g/mol. The van der Waals surface area contributed by atoms with Crippen LogP contribution in [0, 0.1) is 0 Å². The molecule has 2 aliphatic rings. The average Bonchev–Trinajstić information content (AvgIpc) is 3.24. The molecule has 0 spiro atoms. The van der Waals surface area contributed by atoms with E-state index in [1.807, 2.05) is 23.9 Å². The predicted octanol–water partition coefficient (Wildman–Crippen LogP) is 2.13. The van der Waals surface area contributed by atoms with Gasteiger partial charge >= 0.3 is 0 Å². The van der Waals surface area contributed by atoms with Crippen LogP contribution in [0.3, 0.4) is 0 Å². The molecule has 1 fully saturated rings. The van der Waals surface area contributed by atoms with Crippen molar-refractivity contribution >= 4 is 17.8 Å². The van der Waals surface area contributed by atoms with E-state index >= 15 is 0 Å². The molecular weight excluding hydrogens is 382 g/mol. The fourth-order valence-corrected chi connectivity index (χ4v) is 4.03. The van der Waals surface area contributed by atoms with Gasteiger partial charge in [0, 0.05) is 59.4 Å². The predicted molar refractivity (Wildman–Crippen MR) is 116 cm³/mol. The molecule has 2 heterocycles. The van der Waals surface area contributed by atoms with Crippen molar-refractivity contribution in [2.45, 2.75) is 44.4 Å². The molecular formula is C22H33N5O3. The Bertz CT molecular complexity index is 793. The van der Waals surface area contributed by atoms with E-state index in [1.54, 1.807) is 13.3 Å². The largest absolute Gasteiger partial charge is 0.383 e. The number of likely N-dealkylation sites (tertiary alicyclic amines) is 1. The van der Waals surface area contributed by atoms with Gasteiger partial charge in [0.2, 0.25) is 11.9 Å². The molecule has 2 amide bonds. The van der Waals surface area contributed by atoms with Crippen LogP contribution in [-0.4, -0.2) is 74.1 Å². The third-order valence-corrected chi connectivity index (χ3v) is 5.73. The quantitative estimate of drug-likeness (QED) is 0.517. The molecule has 0 aromatic carbocycles. The van der Waals surface area contributed by atoms with E-state index in [-0.39, 0.29) is 17.7 Å². The number of hydrogen-bond acceptors (Lipinski definition) is 6. The normalized spacial score (nSPS) is 18.8.